The normalized spacial score (nSPS) is 26.6. The third-order valence-electron chi connectivity index (χ3n) is 7.35. The molecule has 1 amide bonds. The molecule has 6 nitrogen and oxygen atoms in total. The number of hydrogen-bond donors (Lipinski definition) is 1. The number of nitrogens with zero attached hydrogens (tertiary/aromatic N) is 3. The van der Waals surface area contributed by atoms with Crippen LogP contribution in [0.3, 0.4) is 0 Å². The number of amides is 1. The highest BCUT2D eigenvalue weighted by Crippen LogP contribution is 2.27. The fourth-order valence-corrected chi connectivity index (χ4v) is 5.56. The smallest absolute Gasteiger partial charge is 0.223 e. The largest absolute Gasteiger partial charge is 0.375 e. The van der Waals surface area contributed by atoms with Crippen LogP contribution in [0.15, 0.2) is 18.2 Å². The Morgan fingerprint density at radius 1 is 1.13 bits per heavy atom. The molecule has 1 aromatic heterocycles. The van der Waals surface area contributed by atoms with Gasteiger partial charge in [0.1, 0.15) is 0 Å². The van der Waals surface area contributed by atoms with Crippen LogP contribution >= 0.6 is 0 Å². The third kappa shape index (κ3) is 6.27. The Hall–Kier alpha value is -1.50. The molecule has 6 heteroatoms. The average molecular weight is 429 g/mol. The van der Waals surface area contributed by atoms with Crippen molar-refractivity contribution in [2.75, 3.05) is 32.8 Å². The van der Waals surface area contributed by atoms with Crippen molar-refractivity contribution in [1.82, 2.24) is 20.1 Å². The number of pyridine rings is 1. The van der Waals surface area contributed by atoms with E-state index < -0.39 is 0 Å². The molecule has 31 heavy (non-hydrogen) atoms. The molecule has 0 radical (unpaired) electrons. The molecule has 0 aliphatic carbocycles. The first-order valence-corrected chi connectivity index (χ1v) is 12.2. The first kappa shape index (κ1) is 22.7. The van der Waals surface area contributed by atoms with Crippen LogP contribution in [-0.2, 0) is 16.1 Å². The van der Waals surface area contributed by atoms with E-state index in [0.29, 0.717) is 6.04 Å². The second-order valence-electron chi connectivity index (χ2n) is 10.4. The maximum absolute atomic E-state index is 12.8. The van der Waals surface area contributed by atoms with Crippen molar-refractivity contribution >= 4 is 5.91 Å². The van der Waals surface area contributed by atoms with E-state index >= 15 is 0 Å². The van der Waals surface area contributed by atoms with Gasteiger partial charge in [-0.1, -0.05) is 6.07 Å². The van der Waals surface area contributed by atoms with Gasteiger partial charge in [0.2, 0.25) is 5.91 Å². The number of carbonyl (C=O) groups excluding carboxylic acids is 1. The van der Waals surface area contributed by atoms with Crippen molar-refractivity contribution in [3.8, 4) is 0 Å². The minimum Gasteiger partial charge on any atom is -0.375 e. The Labute approximate surface area is 187 Å². The summed E-state index contributed by atoms with van der Waals surface area (Å²) in [5, 5.41) is 3.32. The summed E-state index contributed by atoms with van der Waals surface area (Å²) in [6, 6.07) is 7.23. The van der Waals surface area contributed by atoms with Crippen molar-refractivity contribution in [1.29, 1.82) is 0 Å². The van der Waals surface area contributed by atoms with Gasteiger partial charge in [0, 0.05) is 49.9 Å². The fraction of sp³-hybridized carbons (Fsp3) is 0.760. The van der Waals surface area contributed by atoms with Gasteiger partial charge in [-0.3, -0.25) is 14.7 Å². The molecule has 1 aromatic rings. The lowest BCUT2D eigenvalue weighted by atomic mass is 9.90. The maximum Gasteiger partial charge on any atom is 0.223 e. The van der Waals surface area contributed by atoms with E-state index in [1.54, 1.807) is 0 Å². The molecule has 1 unspecified atom stereocenters. The topological polar surface area (TPSA) is 57.7 Å². The van der Waals surface area contributed by atoms with E-state index in [1.807, 2.05) is 0 Å². The Kier molecular flexibility index (Phi) is 7.29. The zero-order valence-corrected chi connectivity index (χ0v) is 19.6. The molecule has 4 rings (SSSR count). The molecule has 172 valence electrons. The van der Waals surface area contributed by atoms with Crippen molar-refractivity contribution < 1.29 is 9.53 Å². The molecule has 3 aliphatic heterocycles. The molecule has 4 heterocycles. The van der Waals surface area contributed by atoms with Gasteiger partial charge in [-0.2, -0.15) is 0 Å². The molecule has 0 saturated carbocycles. The number of likely N-dealkylation sites (tertiary alicyclic amines) is 2. The van der Waals surface area contributed by atoms with Crippen LogP contribution in [0, 0.1) is 12.8 Å². The van der Waals surface area contributed by atoms with E-state index in [1.165, 1.54) is 18.5 Å². The van der Waals surface area contributed by atoms with Crippen LogP contribution in [-0.4, -0.2) is 71.2 Å². The molecule has 3 fully saturated rings. The highest BCUT2D eigenvalue weighted by molar-refractivity contribution is 5.79. The maximum atomic E-state index is 12.8. The lowest BCUT2D eigenvalue weighted by Crippen LogP contribution is -2.51. The van der Waals surface area contributed by atoms with Gasteiger partial charge < -0.3 is 15.0 Å². The summed E-state index contributed by atoms with van der Waals surface area (Å²) in [6.07, 6.45) is 6.27. The van der Waals surface area contributed by atoms with Crippen molar-refractivity contribution in [3.05, 3.63) is 29.6 Å². The second kappa shape index (κ2) is 9.97. The summed E-state index contributed by atoms with van der Waals surface area (Å²) >= 11 is 0. The summed E-state index contributed by atoms with van der Waals surface area (Å²) in [4.78, 5) is 22.6. The van der Waals surface area contributed by atoms with Crippen molar-refractivity contribution in [3.63, 3.8) is 0 Å². The van der Waals surface area contributed by atoms with E-state index in [0.717, 1.165) is 70.7 Å². The number of ether oxygens (including phenoxy) is 1. The number of nitrogens with one attached hydrogen (secondary N) is 1. The molecule has 1 N–H and O–H groups in total. The Balaban J connectivity index is 1.18. The summed E-state index contributed by atoms with van der Waals surface area (Å²) < 4.78 is 5.78. The molecule has 3 aliphatic rings. The SMILES string of the molecule is Cc1cccc(CN2CCC(N3CCC(C(=O)NC4CCOC(C)(C)C4)CC3)CC2)n1. The lowest BCUT2D eigenvalue weighted by molar-refractivity contribution is -0.129. The number of carbonyl (C=O) groups is 1. The monoisotopic (exact) mass is 428 g/mol. The highest BCUT2D eigenvalue weighted by Gasteiger charge is 2.34. The zero-order chi connectivity index (χ0) is 21.8. The van der Waals surface area contributed by atoms with Gasteiger partial charge in [0.05, 0.1) is 11.3 Å². The molecular weight excluding hydrogens is 388 g/mol. The molecule has 0 spiro atoms. The quantitative estimate of drug-likeness (QED) is 0.781. The number of rotatable bonds is 5. The van der Waals surface area contributed by atoms with E-state index in [9.17, 15) is 4.79 Å². The van der Waals surface area contributed by atoms with Gasteiger partial charge in [-0.15, -0.1) is 0 Å². The predicted molar refractivity (Wildman–Crippen MR) is 123 cm³/mol. The van der Waals surface area contributed by atoms with Crippen molar-refractivity contribution in [2.24, 2.45) is 5.92 Å². The number of hydrogen-bond acceptors (Lipinski definition) is 5. The van der Waals surface area contributed by atoms with Crippen LogP contribution in [0.1, 0.15) is 63.8 Å². The zero-order valence-electron chi connectivity index (χ0n) is 19.6. The van der Waals surface area contributed by atoms with Gasteiger partial charge in [-0.25, -0.2) is 0 Å². The van der Waals surface area contributed by atoms with Crippen molar-refractivity contribution in [2.45, 2.75) is 83.5 Å². The summed E-state index contributed by atoms with van der Waals surface area (Å²) in [7, 11) is 0. The predicted octanol–water partition coefficient (Wildman–Crippen LogP) is 3.14. The number of aryl methyl sites for hydroxylation is 1. The molecule has 3 saturated heterocycles. The lowest BCUT2D eigenvalue weighted by Gasteiger charge is -2.42. The molecule has 0 bridgehead atoms. The van der Waals surface area contributed by atoms with E-state index in [4.69, 9.17) is 4.74 Å². The van der Waals surface area contributed by atoms with E-state index in [-0.39, 0.29) is 23.5 Å². The van der Waals surface area contributed by atoms with Gasteiger partial charge >= 0.3 is 0 Å². The molecular formula is C25H40N4O2. The Bertz CT molecular complexity index is 737. The Morgan fingerprint density at radius 3 is 2.55 bits per heavy atom. The Morgan fingerprint density at radius 2 is 1.87 bits per heavy atom. The minimum atomic E-state index is -0.121. The summed E-state index contributed by atoms with van der Waals surface area (Å²) in [5.74, 6) is 0.442. The standard InChI is InChI=1S/C25H40N4O2/c1-19-5-4-6-22(26-19)18-28-12-9-23(10-13-28)29-14-7-20(8-15-29)24(30)27-21-11-16-31-25(2,3)17-21/h4-6,20-21,23H,7-18H2,1-3H3,(H,27,30). The highest BCUT2D eigenvalue weighted by atomic mass is 16.5. The fourth-order valence-electron chi connectivity index (χ4n) is 5.56. The van der Waals surface area contributed by atoms with Crippen LogP contribution in [0.25, 0.3) is 0 Å². The number of piperidine rings is 2. The molecule has 1 atom stereocenters. The second-order valence-corrected chi connectivity index (χ2v) is 10.4. The first-order valence-electron chi connectivity index (χ1n) is 12.2. The van der Waals surface area contributed by atoms with Crippen LogP contribution in [0.5, 0.6) is 0 Å². The van der Waals surface area contributed by atoms with Crippen LogP contribution in [0.2, 0.25) is 0 Å². The molecule has 0 aromatic carbocycles. The number of aromatic nitrogens is 1. The van der Waals surface area contributed by atoms with Crippen LogP contribution in [0.4, 0.5) is 0 Å². The summed E-state index contributed by atoms with van der Waals surface area (Å²) in [5.41, 5.74) is 2.15. The third-order valence-corrected chi connectivity index (χ3v) is 7.35. The van der Waals surface area contributed by atoms with Gasteiger partial charge in [0.15, 0.2) is 0 Å². The van der Waals surface area contributed by atoms with Crippen LogP contribution < -0.4 is 5.32 Å². The van der Waals surface area contributed by atoms with Gasteiger partial charge in [0.25, 0.3) is 0 Å². The summed E-state index contributed by atoms with van der Waals surface area (Å²) in [6.45, 7) is 12.4. The van der Waals surface area contributed by atoms with Gasteiger partial charge in [-0.05, 0) is 84.5 Å². The average Bonchev–Trinajstić information content (AvgIpc) is 2.74. The van der Waals surface area contributed by atoms with E-state index in [2.05, 4.69) is 59.1 Å². The first-order chi connectivity index (χ1) is 14.9. The minimum absolute atomic E-state index is 0.121.